The van der Waals surface area contributed by atoms with Gasteiger partial charge in [0.2, 0.25) is 0 Å². The van der Waals surface area contributed by atoms with Crippen LogP contribution in [0, 0.1) is 15.3 Å². The zero-order chi connectivity index (χ0) is 9.97. The molecule has 1 nitrogen and oxygen atoms in total. The van der Waals surface area contributed by atoms with Gasteiger partial charge in [-0.2, -0.15) is 0 Å². The van der Waals surface area contributed by atoms with Crippen molar-refractivity contribution in [2.45, 2.75) is 19.3 Å². The molecule has 0 atom stereocenters. The van der Waals surface area contributed by atoms with Gasteiger partial charge in [0.1, 0.15) is 0 Å². The maximum atomic E-state index is 13.3. The van der Waals surface area contributed by atoms with Crippen LogP contribution >= 0.6 is 22.6 Å². The van der Waals surface area contributed by atoms with Gasteiger partial charge in [-0.25, -0.2) is 4.39 Å². The van der Waals surface area contributed by atoms with E-state index in [9.17, 15) is 4.39 Å². The van der Waals surface area contributed by atoms with Gasteiger partial charge in [0.25, 0.3) is 0 Å². The molecule has 0 heterocycles. The first kappa shape index (κ1) is 10.2. The van der Waals surface area contributed by atoms with E-state index in [1.54, 1.807) is 6.07 Å². The Kier molecular flexibility index (Phi) is 3.26. The summed E-state index contributed by atoms with van der Waals surface area (Å²) in [7, 11) is 0. The molecule has 0 bridgehead atoms. The largest absolute Gasteiger partial charge is 0.489 e. The molecule has 2 rings (SSSR count). The molecule has 1 aromatic carbocycles. The number of rotatable bonds is 3. The summed E-state index contributed by atoms with van der Waals surface area (Å²) >= 11 is 2.10. The molecule has 1 aromatic rings. The predicted molar refractivity (Wildman–Crippen MR) is 62.0 cm³/mol. The molecule has 0 spiro atoms. The molecule has 76 valence electrons. The first-order valence-electron chi connectivity index (χ1n) is 4.84. The van der Waals surface area contributed by atoms with E-state index in [1.807, 2.05) is 6.07 Å². The fourth-order valence-corrected chi connectivity index (χ4v) is 2.10. The summed E-state index contributed by atoms with van der Waals surface area (Å²) in [5, 5.41) is 0. The molecule has 0 unspecified atom stereocenters. The molecule has 0 amide bonds. The summed E-state index contributed by atoms with van der Waals surface area (Å²) in [6, 6.07) is 5.01. The van der Waals surface area contributed by atoms with Crippen molar-refractivity contribution in [3.05, 3.63) is 27.6 Å². The van der Waals surface area contributed by atoms with Gasteiger partial charge in [-0.05, 0) is 53.5 Å². The van der Waals surface area contributed by atoms with E-state index < -0.39 is 0 Å². The SMILES string of the molecule is Fc1cccc(I)c1OCC1CCC1. The number of benzene rings is 1. The third-order valence-electron chi connectivity index (χ3n) is 2.61. The molecule has 1 aliphatic carbocycles. The Morgan fingerprint density at radius 1 is 1.43 bits per heavy atom. The second-order valence-corrected chi connectivity index (χ2v) is 4.82. The normalized spacial score (nSPS) is 16.4. The van der Waals surface area contributed by atoms with Gasteiger partial charge in [0, 0.05) is 0 Å². The van der Waals surface area contributed by atoms with Gasteiger partial charge in [-0.3, -0.25) is 0 Å². The third kappa shape index (κ3) is 2.19. The average molecular weight is 306 g/mol. The Morgan fingerprint density at radius 2 is 2.21 bits per heavy atom. The van der Waals surface area contributed by atoms with Crippen molar-refractivity contribution >= 4 is 22.6 Å². The van der Waals surface area contributed by atoms with Gasteiger partial charge in [0.15, 0.2) is 11.6 Å². The zero-order valence-corrected chi connectivity index (χ0v) is 9.96. The first-order valence-corrected chi connectivity index (χ1v) is 5.92. The van der Waals surface area contributed by atoms with Crippen molar-refractivity contribution < 1.29 is 9.13 Å². The van der Waals surface area contributed by atoms with E-state index in [0.29, 0.717) is 18.3 Å². The molecule has 0 saturated heterocycles. The highest BCUT2D eigenvalue weighted by Gasteiger charge is 2.19. The maximum absolute atomic E-state index is 13.3. The summed E-state index contributed by atoms with van der Waals surface area (Å²) in [6.45, 7) is 0.664. The fraction of sp³-hybridized carbons (Fsp3) is 0.455. The lowest BCUT2D eigenvalue weighted by Gasteiger charge is -2.25. The number of hydrogen-bond acceptors (Lipinski definition) is 1. The molecule has 14 heavy (non-hydrogen) atoms. The number of hydrogen-bond donors (Lipinski definition) is 0. The van der Waals surface area contributed by atoms with Gasteiger partial charge in [-0.1, -0.05) is 12.5 Å². The summed E-state index contributed by atoms with van der Waals surface area (Å²) in [4.78, 5) is 0. The molecule has 3 heteroatoms. The monoisotopic (exact) mass is 306 g/mol. The first-order chi connectivity index (χ1) is 6.77. The lowest BCUT2D eigenvalue weighted by Crippen LogP contribution is -2.19. The van der Waals surface area contributed by atoms with E-state index in [2.05, 4.69) is 22.6 Å². The quantitative estimate of drug-likeness (QED) is 0.775. The smallest absolute Gasteiger partial charge is 0.168 e. The van der Waals surface area contributed by atoms with Gasteiger partial charge < -0.3 is 4.74 Å². The third-order valence-corrected chi connectivity index (χ3v) is 3.46. The molecule has 0 aliphatic heterocycles. The number of para-hydroxylation sites is 1. The summed E-state index contributed by atoms with van der Waals surface area (Å²) in [5.74, 6) is 0.807. The van der Waals surface area contributed by atoms with Gasteiger partial charge >= 0.3 is 0 Å². The van der Waals surface area contributed by atoms with Gasteiger partial charge in [-0.15, -0.1) is 0 Å². The van der Waals surface area contributed by atoms with E-state index in [-0.39, 0.29) is 5.82 Å². The Morgan fingerprint density at radius 3 is 2.79 bits per heavy atom. The Hall–Kier alpha value is -0.320. The topological polar surface area (TPSA) is 9.23 Å². The van der Waals surface area contributed by atoms with E-state index >= 15 is 0 Å². The second kappa shape index (κ2) is 4.47. The number of halogens is 2. The van der Waals surface area contributed by atoms with Crippen LogP contribution in [0.15, 0.2) is 18.2 Å². The van der Waals surface area contributed by atoms with Crippen LogP contribution in [0.1, 0.15) is 19.3 Å². The molecular weight excluding hydrogens is 294 g/mol. The minimum absolute atomic E-state index is 0.253. The van der Waals surface area contributed by atoms with Crippen molar-refractivity contribution in [3.8, 4) is 5.75 Å². The maximum Gasteiger partial charge on any atom is 0.168 e. The minimum Gasteiger partial charge on any atom is -0.489 e. The highest BCUT2D eigenvalue weighted by atomic mass is 127. The highest BCUT2D eigenvalue weighted by Crippen LogP contribution is 2.29. The molecule has 1 aliphatic rings. The van der Waals surface area contributed by atoms with E-state index in [4.69, 9.17) is 4.74 Å². The van der Waals surface area contributed by atoms with Crippen LogP contribution in [0.5, 0.6) is 5.75 Å². The Bertz CT molecular complexity index is 303. The van der Waals surface area contributed by atoms with Crippen LogP contribution in [0.4, 0.5) is 4.39 Å². The lowest BCUT2D eigenvalue weighted by molar-refractivity contribution is 0.174. The van der Waals surface area contributed by atoms with Crippen LogP contribution in [0.2, 0.25) is 0 Å². The van der Waals surface area contributed by atoms with Crippen LogP contribution in [0.25, 0.3) is 0 Å². The molecule has 0 aromatic heterocycles. The van der Waals surface area contributed by atoms with Crippen molar-refractivity contribution in [2.75, 3.05) is 6.61 Å². The minimum atomic E-state index is -0.253. The summed E-state index contributed by atoms with van der Waals surface area (Å²) < 4.78 is 19.6. The van der Waals surface area contributed by atoms with Crippen LogP contribution in [0.3, 0.4) is 0 Å². The summed E-state index contributed by atoms with van der Waals surface area (Å²) in [5.41, 5.74) is 0. The molecule has 1 saturated carbocycles. The van der Waals surface area contributed by atoms with Crippen molar-refractivity contribution in [1.82, 2.24) is 0 Å². The highest BCUT2D eigenvalue weighted by molar-refractivity contribution is 14.1. The molecule has 0 radical (unpaired) electrons. The van der Waals surface area contributed by atoms with Crippen LogP contribution < -0.4 is 4.74 Å². The zero-order valence-electron chi connectivity index (χ0n) is 7.80. The van der Waals surface area contributed by atoms with E-state index in [1.165, 1.54) is 25.3 Å². The molecular formula is C11H12FIO. The van der Waals surface area contributed by atoms with Crippen LogP contribution in [-0.2, 0) is 0 Å². The molecule has 0 N–H and O–H groups in total. The van der Waals surface area contributed by atoms with Crippen molar-refractivity contribution in [1.29, 1.82) is 0 Å². The second-order valence-electron chi connectivity index (χ2n) is 3.66. The number of ether oxygens (including phenoxy) is 1. The lowest BCUT2D eigenvalue weighted by atomic mass is 9.86. The van der Waals surface area contributed by atoms with E-state index in [0.717, 1.165) is 3.57 Å². The predicted octanol–water partition coefficient (Wildman–Crippen LogP) is 3.61. The van der Waals surface area contributed by atoms with Crippen molar-refractivity contribution in [2.24, 2.45) is 5.92 Å². The average Bonchev–Trinajstić information content (AvgIpc) is 2.07. The Labute approximate surface area is 96.8 Å². The standard InChI is InChI=1S/C11H12FIO/c12-9-5-2-6-10(13)11(9)14-7-8-3-1-4-8/h2,5-6,8H,1,3-4,7H2. The summed E-state index contributed by atoms with van der Waals surface area (Å²) in [6.07, 6.45) is 3.75. The Balaban J connectivity index is 2.00. The molecule has 1 fully saturated rings. The fourth-order valence-electron chi connectivity index (χ4n) is 1.48. The van der Waals surface area contributed by atoms with Crippen LogP contribution in [-0.4, -0.2) is 6.61 Å². The van der Waals surface area contributed by atoms with Gasteiger partial charge in [0.05, 0.1) is 10.2 Å². The van der Waals surface area contributed by atoms with Crippen molar-refractivity contribution in [3.63, 3.8) is 0 Å².